The number of hydrogen-bond donors (Lipinski definition) is 2. The number of fused-ring (bicyclic) bond motifs is 1. The first-order valence-corrected chi connectivity index (χ1v) is 6.26. The van der Waals surface area contributed by atoms with Gasteiger partial charge in [-0.25, -0.2) is 5.10 Å². The van der Waals surface area contributed by atoms with E-state index in [0.29, 0.717) is 11.1 Å². The molecule has 2 aromatic rings. The summed E-state index contributed by atoms with van der Waals surface area (Å²) >= 11 is 0. The molecule has 98 valence electrons. The van der Waals surface area contributed by atoms with Gasteiger partial charge in [-0.3, -0.25) is 9.59 Å². The molecule has 0 aliphatic heterocycles. The number of H-pyrrole nitrogens is 1. The summed E-state index contributed by atoms with van der Waals surface area (Å²) in [6.07, 6.45) is 2.50. The monoisotopic (exact) mass is 257 g/mol. The molecule has 1 aromatic heterocycles. The van der Waals surface area contributed by atoms with Crippen LogP contribution < -0.4 is 10.9 Å². The molecule has 1 saturated carbocycles. The Hall–Kier alpha value is -2.17. The van der Waals surface area contributed by atoms with Gasteiger partial charge in [0.2, 0.25) is 5.91 Å². The second-order valence-electron chi connectivity index (χ2n) is 5.74. The standard InChI is InChI=1S/C14H15N3O2/c1-14(2)6-11(14)13(19)16-9-4-3-8-7-15-17-12(18)10(8)5-9/h3-5,7,11H,6H2,1-2H3,(H,16,19)(H,17,18)/t11-/m1/s1. The molecule has 0 spiro atoms. The highest BCUT2D eigenvalue weighted by Crippen LogP contribution is 2.51. The number of anilines is 1. The molecule has 2 N–H and O–H groups in total. The van der Waals surface area contributed by atoms with Crippen molar-refractivity contribution in [2.24, 2.45) is 11.3 Å². The van der Waals surface area contributed by atoms with Crippen molar-refractivity contribution in [3.63, 3.8) is 0 Å². The van der Waals surface area contributed by atoms with Gasteiger partial charge in [-0.15, -0.1) is 0 Å². The van der Waals surface area contributed by atoms with Crippen molar-refractivity contribution < 1.29 is 4.79 Å². The van der Waals surface area contributed by atoms with E-state index in [0.717, 1.165) is 11.8 Å². The molecule has 1 aliphatic carbocycles. The van der Waals surface area contributed by atoms with Crippen LogP contribution in [0.3, 0.4) is 0 Å². The van der Waals surface area contributed by atoms with Crippen molar-refractivity contribution in [1.29, 1.82) is 0 Å². The quantitative estimate of drug-likeness (QED) is 0.863. The molecule has 1 aliphatic rings. The fourth-order valence-electron chi connectivity index (χ4n) is 2.31. The van der Waals surface area contributed by atoms with E-state index in [2.05, 4.69) is 29.4 Å². The largest absolute Gasteiger partial charge is 0.326 e. The molecule has 0 bridgehead atoms. The number of nitrogens with one attached hydrogen (secondary N) is 2. The molecule has 1 heterocycles. The molecular weight excluding hydrogens is 242 g/mol. The summed E-state index contributed by atoms with van der Waals surface area (Å²) < 4.78 is 0. The topological polar surface area (TPSA) is 74.8 Å². The van der Waals surface area contributed by atoms with Gasteiger partial charge in [0.15, 0.2) is 0 Å². The van der Waals surface area contributed by atoms with Crippen LogP contribution in [0.5, 0.6) is 0 Å². The molecule has 19 heavy (non-hydrogen) atoms. The zero-order valence-corrected chi connectivity index (χ0v) is 10.9. The van der Waals surface area contributed by atoms with Gasteiger partial charge in [0.1, 0.15) is 0 Å². The van der Waals surface area contributed by atoms with E-state index in [1.165, 1.54) is 0 Å². The van der Waals surface area contributed by atoms with E-state index in [-0.39, 0.29) is 22.8 Å². The van der Waals surface area contributed by atoms with E-state index in [4.69, 9.17) is 0 Å². The van der Waals surface area contributed by atoms with Gasteiger partial charge in [-0.05, 0) is 24.0 Å². The highest BCUT2D eigenvalue weighted by molar-refractivity contribution is 5.97. The third-order valence-electron chi connectivity index (χ3n) is 3.77. The van der Waals surface area contributed by atoms with Gasteiger partial charge < -0.3 is 5.32 Å². The lowest BCUT2D eigenvalue weighted by atomic mass is 10.1. The number of aromatic amines is 1. The van der Waals surface area contributed by atoms with Crippen LogP contribution in [0.15, 0.2) is 29.2 Å². The Morgan fingerprint density at radius 3 is 2.89 bits per heavy atom. The molecule has 0 radical (unpaired) electrons. The maximum absolute atomic E-state index is 12.0. The average Bonchev–Trinajstić information content (AvgIpc) is 3.00. The van der Waals surface area contributed by atoms with Gasteiger partial charge in [-0.1, -0.05) is 19.9 Å². The zero-order chi connectivity index (χ0) is 13.6. The van der Waals surface area contributed by atoms with E-state index < -0.39 is 0 Å². The van der Waals surface area contributed by atoms with Crippen molar-refractivity contribution in [2.45, 2.75) is 20.3 Å². The Balaban J connectivity index is 1.88. The number of hydrogen-bond acceptors (Lipinski definition) is 3. The summed E-state index contributed by atoms with van der Waals surface area (Å²) in [5.74, 6) is 0.0914. The van der Waals surface area contributed by atoms with Crippen molar-refractivity contribution in [2.75, 3.05) is 5.32 Å². The number of benzene rings is 1. The Morgan fingerprint density at radius 2 is 2.21 bits per heavy atom. The lowest BCUT2D eigenvalue weighted by Gasteiger charge is -2.07. The minimum atomic E-state index is -0.250. The Kier molecular flexibility index (Phi) is 2.45. The molecule has 3 rings (SSSR count). The van der Waals surface area contributed by atoms with E-state index in [9.17, 15) is 9.59 Å². The Labute approximate surface area is 110 Å². The van der Waals surface area contributed by atoms with Gasteiger partial charge in [-0.2, -0.15) is 5.10 Å². The minimum Gasteiger partial charge on any atom is -0.326 e. The van der Waals surface area contributed by atoms with Gasteiger partial charge in [0, 0.05) is 17.0 Å². The van der Waals surface area contributed by atoms with Crippen LogP contribution in [-0.2, 0) is 4.79 Å². The highest BCUT2D eigenvalue weighted by atomic mass is 16.2. The van der Waals surface area contributed by atoms with Crippen LogP contribution in [0, 0.1) is 11.3 Å². The predicted molar refractivity (Wildman–Crippen MR) is 72.9 cm³/mol. The maximum Gasteiger partial charge on any atom is 0.272 e. The summed E-state index contributed by atoms with van der Waals surface area (Å²) in [6.45, 7) is 4.15. The number of amides is 1. The first kappa shape index (κ1) is 11.9. The van der Waals surface area contributed by atoms with E-state index in [1.54, 1.807) is 24.4 Å². The molecule has 1 amide bonds. The summed E-state index contributed by atoms with van der Waals surface area (Å²) in [5, 5.41) is 10.3. The number of nitrogens with zero attached hydrogens (tertiary/aromatic N) is 1. The summed E-state index contributed by atoms with van der Waals surface area (Å²) in [4.78, 5) is 23.6. The van der Waals surface area contributed by atoms with Crippen LogP contribution in [0.2, 0.25) is 0 Å². The minimum absolute atomic E-state index is 0.0230. The molecule has 1 fully saturated rings. The number of aromatic nitrogens is 2. The third-order valence-corrected chi connectivity index (χ3v) is 3.77. The van der Waals surface area contributed by atoms with Crippen molar-refractivity contribution in [3.8, 4) is 0 Å². The second-order valence-corrected chi connectivity index (χ2v) is 5.74. The SMILES string of the molecule is CC1(C)C[C@@H]1C(=O)Nc1ccc2cn[nH]c(=O)c2c1. The highest BCUT2D eigenvalue weighted by Gasteiger charge is 2.50. The first-order chi connectivity index (χ1) is 8.97. The average molecular weight is 257 g/mol. The number of carbonyl (C=O) groups is 1. The predicted octanol–water partition coefficient (Wildman–Crippen LogP) is 1.91. The van der Waals surface area contributed by atoms with Crippen LogP contribution in [0.4, 0.5) is 5.69 Å². The zero-order valence-electron chi connectivity index (χ0n) is 10.9. The fourth-order valence-corrected chi connectivity index (χ4v) is 2.31. The molecule has 5 nitrogen and oxygen atoms in total. The smallest absolute Gasteiger partial charge is 0.272 e. The lowest BCUT2D eigenvalue weighted by molar-refractivity contribution is -0.117. The van der Waals surface area contributed by atoms with Crippen LogP contribution >= 0.6 is 0 Å². The van der Waals surface area contributed by atoms with Gasteiger partial charge in [0.25, 0.3) is 5.56 Å². The summed E-state index contributed by atoms with van der Waals surface area (Å²) in [5.41, 5.74) is 0.500. The first-order valence-electron chi connectivity index (χ1n) is 6.26. The van der Waals surface area contributed by atoms with E-state index >= 15 is 0 Å². The van der Waals surface area contributed by atoms with Crippen molar-refractivity contribution in [3.05, 3.63) is 34.7 Å². The number of carbonyl (C=O) groups excluding carboxylic acids is 1. The molecular formula is C14H15N3O2. The van der Waals surface area contributed by atoms with Gasteiger partial charge in [0.05, 0.1) is 11.6 Å². The lowest BCUT2D eigenvalue weighted by Crippen LogP contribution is -2.17. The molecule has 1 aromatic carbocycles. The van der Waals surface area contributed by atoms with Crippen LogP contribution in [0.25, 0.3) is 10.8 Å². The Morgan fingerprint density at radius 1 is 1.47 bits per heavy atom. The molecule has 1 atom stereocenters. The van der Waals surface area contributed by atoms with Crippen molar-refractivity contribution in [1.82, 2.24) is 10.2 Å². The van der Waals surface area contributed by atoms with Crippen LogP contribution in [-0.4, -0.2) is 16.1 Å². The summed E-state index contributed by atoms with van der Waals surface area (Å²) in [6, 6.07) is 5.26. The third kappa shape index (κ3) is 2.12. The van der Waals surface area contributed by atoms with Gasteiger partial charge >= 0.3 is 0 Å². The molecule has 0 saturated heterocycles. The molecule has 0 unspecified atom stereocenters. The van der Waals surface area contributed by atoms with E-state index in [1.807, 2.05) is 0 Å². The Bertz CT molecular complexity index is 718. The maximum atomic E-state index is 12.0. The molecule has 5 heteroatoms. The van der Waals surface area contributed by atoms with Crippen LogP contribution in [0.1, 0.15) is 20.3 Å². The summed E-state index contributed by atoms with van der Waals surface area (Å²) in [7, 11) is 0. The number of rotatable bonds is 2. The second kappa shape index (κ2) is 3.91. The fraction of sp³-hybridized carbons (Fsp3) is 0.357. The van der Waals surface area contributed by atoms with Crippen molar-refractivity contribution >= 4 is 22.4 Å². The normalized spacial score (nSPS) is 20.2.